The van der Waals surface area contributed by atoms with Crippen LogP contribution in [0.15, 0.2) is 18.2 Å². The zero-order chi connectivity index (χ0) is 13.8. The Hall–Kier alpha value is -1.29. The van der Waals surface area contributed by atoms with Crippen LogP contribution in [0.25, 0.3) is 0 Å². The lowest BCUT2D eigenvalue weighted by Crippen LogP contribution is -2.28. The molecule has 1 N–H and O–H groups in total. The minimum absolute atomic E-state index is 0.187. The lowest BCUT2D eigenvalue weighted by molar-refractivity contribution is 0.181. The summed E-state index contributed by atoms with van der Waals surface area (Å²) in [4.78, 5) is 2.24. The first-order valence-electron chi connectivity index (χ1n) is 7.71. The van der Waals surface area contributed by atoms with Crippen LogP contribution in [0.5, 0.6) is 5.75 Å². The summed E-state index contributed by atoms with van der Waals surface area (Å²) < 4.78 is 19.5. The second-order valence-electron chi connectivity index (χ2n) is 5.81. The Morgan fingerprint density at radius 3 is 2.90 bits per heavy atom. The first kappa shape index (κ1) is 13.7. The molecule has 2 fully saturated rings. The standard InChI is InChI=1S/C16H23FN2O/c17-14-5-6-16(20-12-13-3-1-4-13)15(11-14)19-9-2-7-18-8-10-19/h5-6,11,13,18H,1-4,7-10,12H2. The summed E-state index contributed by atoms with van der Waals surface area (Å²) in [6, 6.07) is 4.89. The van der Waals surface area contributed by atoms with Crippen LogP contribution in [0.2, 0.25) is 0 Å². The van der Waals surface area contributed by atoms with Crippen molar-refractivity contribution in [2.24, 2.45) is 5.92 Å². The normalized spacial score (nSPS) is 20.4. The van der Waals surface area contributed by atoms with Gasteiger partial charge in [-0.25, -0.2) is 4.39 Å². The molecule has 0 unspecified atom stereocenters. The molecule has 1 saturated carbocycles. The molecular weight excluding hydrogens is 255 g/mol. The Morgan fingerprint density at radius 2 is 2.10 bits per heavy atom. The molecule has 1 saturated heterocycles. The van der Waals surface area contributed by atoms with Crippen molar-refractivity contribution in [2.75, 3.05) is 37.7 Å². The van der Waals surface area contributed by atoms with Gasteiger partial charge in [-0.3, -0.25) is 0 Å². The predicted octanol–water partition coefficient (Wildman–Crippen LogP) is 2.80. The fourth-order valence-corrected chi connectivity index (χ4v) is 2.81. The van der Waals surface area contributed by atoms with Crippen molar-refractivity contribution < 1.29 is 9.13 Å². The van der Waals surface area contributed by atoms with Crippen LogP contribution in [0.1, 0.15) is 25.7 Å². The number of rotatable bonds is 4. The fraction of sp³-hybridized carbons (Fsp3) is 0.625. The Morgan fingerprint density at radius 1 is 1.20 bits per heavy atom. The summed E-state index contributed by atoms with van der Waals surface area (Å²) in [7, 11) is 0. The molecule has 4 heteroatoms. The van der Waals surface area contributed by atoms with E-state index in [9.17, 15) is 4.39 Å². The van der Waals surface area contributed by atoms with Gasteiger partial charge in [-0.05, 0) is 43.9 Å². The molecule has 3 rings (SSSR count). The summed E-state index contributed by atoms with van der Waals surface area (Å²) in [5.41, 5.74) is 0.910. The molecule has 1 aromatic rings. The molecule has 1 heterocycles. The lowest BCUT2D eigenvalue weighted by atomic mass is 9.86. The number of halogens is 1. The van der Waals surface area contributed by atoms with Crippen LogP contribution in [0.4, 0.5) is 10.1 Å². The molecule has 0 radical (unpaired) electrons. The van der Waals surface area contributed by atoms with Gasteiger partial charge in [0.1, 0.15) is 11.6 Å². The highest BCUT2D eigenvalue weighted by Gasteiger charge is 2.20. The number of hydrogen-bond donors (Lipinski definition) is 1. The molecule has 2 aliphatic rings. The average molecular weight is 278 g/mol. The molecule has 0 atom stereocenters. The van der Waals surface area contributed by atoms with Crippen LogP contribution in [-0.4, -0.2) is 32.8 Å². The van der Waals surface area contributed by atoms with E-state index < -0.39 is 0 Å². The van der Waals surface area contributed by atoms with Crippen molar-refractivity contribution in [1.82, 2.24) is 5.32 Å². The highest BCUT2D eigenvalue weighted by molar-refractivity contribution is 5.58. The fourth-order valence-electron chi connectivity index (χ4n) is 2.81. The van der Waals surface area contributed by atoms with Crippen molar-refractivity contribution in [3.63, 3.8) is 0 Å². The zero-order valence-corrected chi connectivity index (χ0v) is 11.9. The Labute approximate surface area is 120 Å². The maximum absolute atomic E-state index is 13.6. The highest BCUT2D eigenvalue weighted by Crippen LogP contribution is 2.32. The van der Waals surface area contributed by atoms with Crippen LogP contribution in [-0.2, 0) is 0 Å². The molecule has 1 aliphatic carbocycles. The molecule has 20 heavy (non-hydrogen) atoms. The number of hydrogen-bond acceptors (Lipinski definition) is 3. The van der Waals surface area contributed by atoms with E-state index in [4.69, 9.17) is 4.74 Å². The van der Waals surface area contributed by atoms with Crippen LogP contribution >= 0.6 is 0 Å². The maximum atomic E-state index is 13.6. The maximum Gasteiger partial charge on any atom is 0.142 e. The van der Waals surface area contributed by atoms with Gasteiger partial charge in [0.2, 0.25) is 0 Å². The Balaban J connectivity index is 1.73. The second-order valence-corrected chi connectivity index (χ2v) is 5.81. The molecule has 0 aromatic heterocycles. The third-order valence-electron chi connectivity index (χ3n) is 4.30. The van der Waals surface area contributed by atoms with Gasteiger partial charge in [-0.15, -0.1) is 0 Å². The molecule has 1 aromatic carbocycles. The number of benzene rings is 1. The third-order valence-corrected chi connectivity index (χ3v) is 4.30. The molecule has 0 bridgehead atoms. The SMILES string of the molecule is Fc1ccc(OCC2CCC2)c(N2CCCNCC2)c1. The summed E-state index contributed by atoms with van der Waals surface area (Å²) in [6.45, 7) is 4.60. The van der Waals surface area contributed by atoms with Gasteiger partial charge in [0, 0.05) is 25.7 Å². The van der Waals surface area contributed by atoms with E-state index >= 15 is 0 Å². The first-order chi connectivity index (χ1) is 9.83. The van der Waals surface area contributed by atoms with E-state index in [-0.39, 0.29) is 5.82 Å². The quantitative estimate of drug-likeness (QED) is 0.916. The lowest BCUT2D eigenvalue weighted by Gasteiger charge is -2.28. The number of ether oxygens (including phenoxy) is 1. The first-order valence-corrected chi connectivity index (χ1v) is 7.71. The molecule has 0 amide bonds. The van der Waals surface area contributed by atoms with Crippen molar-refractivity contribution in [3.8, 4) is 5.75 Å². The van der Waals surface area contributed by atoms with E-state index in [1.54, 1.807) is 12.1 Å². The van der Waals surface area contributed by atoms with Gasteiger partial charge < -0.3 is 15.0 Å². The number of nitrogens with zero attached hydrogens (tertiary/aromatic N) is 1. The van der Waals surface area contributed by atoms with Gasteiger partial charge in [-0.1, -0.05) is 6.42 Å². The Bertz CT molecular complexity index is 440. The molecular formula is C16H23FN2O. The minimum atomic E-state index is -0.187. The van der Waals surface area contributed by atoms with E-state index in [2.05, 4.69) is 10.2 Å². The summed E-state index contributed by atoms with van der Waals surface area (Å²) in [5.74, 6) is 1.34. The van der Waals surface area contributed by atoms with Gasteiger partial charge >= 0.3 is 0 Å². The van der Waals surface area contributed by atoms with Gasteiger partial charge in [0.15, 0.2) is 0 Å². The average Bonchev–Trinajstić information content (AvgIpc) is 2.67. The van der Waals surface area contributed by atoms with E-state index in [1.165, 1.54) is 25.3 Å². The van der Waals surface area contributed by atoms with Gasteiger partial charge in [-0.2, -0.15) is 0 Å². The number of nitrogens with one attached hydrogen (secondary N) is 1. The van der Waals surface area contributed by atoms with Crippen molar-refractivity contribution >= 4 is 5.69 Å². The van der Waals surface area contributed by atoms with E-state index in [0.717, 1.165) is 50.6 Å². The Kier molecular flexibility index (Phi) is 4.41. The highest BCUT2D eigenvalue weighted by atomic mass is 19.1. The summed E-state index contributed by atoms with van der Waals surface area (Å²) in [6.07, 6.45) is 4.94. The summed E-state index contributed by atoms with van der Waals surface area (Å²) >= 11 is 0. The smallest absolute Gasteiger partial charge is 0.142 e. The van der Waals surface area contributed by atoms with Crippen molar-refractivity contribution in [1.29, 1.82) is 0 Å². The van der Waals surface area contributed by atoms with Gasteiger partial charge in [0.25, 0.3) is 0 Å². The molecule has 0 spiro atoms. The largest absolute Gasteiger partial charge is 0.491 e. The zero-order valence-electron chi connectivity index (χ0n) is 11.9. The third kappa shape index (κ3) is 3.23. The predicted molar refractivity (Wildman–Crippen MR) is 78.9 cm³/mol. The molecule has 110 valence electrons. The van der Waals surface area contributed by atoms with E-state index in [1.807, 2.05) is 0 Å². The van der Waals surface area contributed by atoms with Crippen LogP contribution in [0, 0.1) is 11.7 Å². The van der Waals surface area contributed by atoms with Crippen LogP contribution < -0.4 is 15.0 Å². The minimum Gasteiger partial charge on any atom is -0.491 e. The van der Waals surface area contributed by atoms with Crippen molar-refractivity contribution in [3.05, 3.63) is 24.0 Å². The van der Waals surface area contributed by atoms with E-state index in [0.29, 0.717) is 5.92 Å². The van der Waals surface area contributed by atoms with Crippen molar-refractivity contribution in [2.45, 2.75) is 25.7 Å². The van der Waals surface area contributed by atoms with Gasteiger partial charge in [0.05, 0.1) is 12.3 Å². The summed E-state index contributed by atoms with van der Waals surface area (Å²) in [5, 5.41) is 3.37. The monoisotopic (exact) mass is 278 g/mol. The topological polar surface area (TPSA) is 24.5 Å². The number of anilines is 1. The van der Waals surface area contributed by atoms with Crippen LogP contribution in [0.3, 0.4) is 0 Å². The second kappa shape index (κ2) is 6.44. The molecule has 3 nitrogen and oxygen atoms in total. The molecule has 1 aliphatic heterocycles.